The number of nitro benzene ring substituents is 1. The van der Waals surface area contributed by atoms with E-state index >= 15 is 0 Å². The molecule has 1 N–H and O–H groups in total. The first kappa shape index (κ1) is 17.2. The average molecular weight is 306 g/mol. The zero-order valence-corrected chi connectivity index (χ0v) is 11.7. The lowest BCUT2D eigenvalue weighted by atomic mass is 10.1. The van der Waals surface area contributed by atoms with Crippen LogP contribution in [0, 0.1) is 10.1 Å². The Kier molecular flexibility index (Phi) is 5.95. The molecule has 0 saturated heterocycles. The maximum absolute atomic E-state index is 12.9. The van der Waals surface area contributed by atoms with Crippen molar-refractivity contribution in [3.05, 3.63) is 33.9 Å². The van der Waals surface area contributed by atoms with Gasteiger partial charge < -0.3 is 10.1 Å². The number of nitrogens with zero attached hydrogens (tertiary/aromatic N) is 1. The summed E-state index contributed by atoms with van der Waals surface area (Å²) in [6.45, 7) is 4.63. The number of hydrogen-bond donors (Lipinski definition) is 1. The number of alkyl halides is 3. The number of ether oxygens (including phenoxy) is 1. The quantitative estimate of drug-likeness (QED) is 0.476. The molecule has 1 aromatic carbocycles. The summed E-state index contributed by atoms with van der Waals surface area (Å²) in [7, 11) is 0. The second-order valence-electron chi connectivity index (χ2n) is 4.75. The van der Waals surface area contributed by atoms with E-state index in [4.69, 9.17) is 4.74 Å². The molecule has 0 aliphatic carbocycles. The van der Waals surface area contributed by atoms with Crippen LogP contribution in [0.5, 0.6) is 5.75 Å². The lowest BCUT2D eigenvalue weighted by Crippen LogP contribution is -2.25. The van der Waals surface area contributed by atoms with E-state index < -0.39 is 28.1 Å². The minimum absolute atomic E-state index is 0.0978. The van der Waals surface area contributed by atoms with Gasteiger partial charge in [0.1, 0.15) is 11.3 Å². The Morgan fingerprint density at radius 2 is 2.05 bits per heavy atom. The van der Waals surface area contributed by atoms with Crippen molar-refractivity contribution in [2.75, 3.05) is 13.2 Å². The predicted octanol–water partition coefficient (Wildman–Crippen LogP) is 3.38. The van der Waals surface area contributed by atoms with Crippen molar-refractivity contribution in [1.29, 1.82) is 0 Å². The zero-order valence-electron chi connectivity index (χ0n) is 11.7. The molecule has 0 aliphatic rings. The monoisotopic (exact) mass is 306 g/mol. The van der Waals surface area contributed by atoms with Crippen LogP contribution in [-0.4, -0.2) is 24.1 Å². The molecule has 0 radical (unpaired) electrons. The first-order valence-electron chi connectivity index (χ1n) is 6.43. The summed E-state index contributed by atoms with van der Waals surface area (Å²) in [6, 6.07) is 2.75. The summed E-state index contributed by atoms with van der Waals surface area (Å²) in [5, 5.41) is 13.7. The fraction of sp³-hybridized carbons (Fsp3) is 0.538. The van der Waals surface area contributed by atoms with Crippen molar-refractivity contribution in [3.63, 3.8) is 0 Å². The van der Waals surface area contributed by atoms with Gasteiger partial charge in [0.15, 0.2) is 0 Å². The number of rotatable bonds is 7. The van der Waals surface area contributed by atoms with Crippen LogP contribution in [0.4, 0.5) is 18.9 Å². The Morgan fingerprint density at radius 3 is 2.57 bits per heavy atom. The molecule has 5 nitrogen and oxygen atoms in total. The molecule has 0 aliphatic heterocycles. The smallest absolute Gasteiger partial charge is 0.420 e. The molecule has 0 spiro atoms. The molecule has 0 amide bonds. The number of nitro groups is 1. The largest absolute Gasteiger partial charge is 0.493 e. The minimum atomic E-state index is -4.70. The number of benzene rings is 1. The molecule has 0 aromatic heterocycles. The molecular formula is C13H17F3N2O3. The molecule has 0 heterocycles. The van der Waals surface area contributed by atoms with Crippen LogP contribution in [-0.2, 0) is 6.18 Å². The maximum Gasteiger partial charge on any atom is 0.420 e. The molecule has 1 rings (SSSR count). The minimum Gasteiger partial charge on any atom is -0.493 e. The van der Waals surface area contributed by atoms with Crippen molar-refractivity contribution >= 4 is 5.69 Å². The van der Waals surface area contributed by atoms with Crippen molar-refractivity contribution in [1.82, 2.24) is 5.32 Å². The van der Waals surface area contributed by atoms with E-state index in [9.17, 15) is 23.3 Å². The number of hydrogen-bond acceptors (Lipinski definition) is 4. The van der Waals surface area contributed by atoms with Gasteiger partial charge in [0, 0.05) is 18.2 Å². The summed E-state index contributed by atoms with van der Waals surface area (Å²) in [6.07, 6.45) is -4.16. The Hall–Kier alpha value is -1.83. The van der Waals surface area contributed by atoms with Crippen LogP contribution in [0.1, 0.15) is 25.8 Å². The van der Waals surface area contributed by atoms with Gasteiger partial charge in [-0.25, -0.2) is 0 Å². The number of halogens is 3. The highest BCUT2D eigenvalue weighted by Crippen LogP contribution is 2.38. The van der Waals surface area contributed by atoms with Crippen LogP contribution < -0.4 is 10.1 Å². The molecule has 0 fully saturated rings. The molecule has 118 valence electrons. The molecule has 8 heteroatoms. The van der Waals surface area contributed by atoms with Gasteiger partial charge in [0.2, 0.25) is 0 Å². The van der Waals surface area contributed by atoms with E-state index in [-0.39, 0.29) is 12.6 Å². The fourth-order valence-electron chi connectivity index (χ4n) is 1.62. The van der Waals surface area contributed by atoms with E-state index in [1.165, 1.54) is 0 Å². The van der Waals surface area contributed by atoms with Gasteiger partial charge >= 0.3 is 6.18 Å². The van der Waals surface area contributed by atoms with Crippen molar-refractivity contribution < 1.29 is 22.8 Å². The highest BCUT2D eigenvalue weighted by Gasteiger charge is 2.36. The van der Waals surface area contributed by atoms with Gasteiger partial charge in [-0.3, -0.25) is 10.1 Å². The molecule has 1 aromatic rings. The first-order valence-corrected chi connectivity index (χ1v) is 6.43. The highest BCUT2D eigenvalue weighted by atomic mass is 19.4. The third kappa shape index (κ3) is 5.58. The van der Waals surface area contributed by atoms with Gasteiger partial charge in [-0.2, -0.15) is 13.2 Å². The molecule has 0 saturated carbocycles. The Bertz CT molecular complexity index is 490. The lowest BCUT2D eigenvalue weighted by Gasteiger charge is -2.14. The molecular weight excluding hydrogens is 289 g/mol. The normalized spacial score (nSPS) is 11.7. The lowest BCUT2D eigenvalue weighted by molar-refractivity contribution is -0.385. The highest BCUT2D eigenvalue weighted by molar-refractivity contribution is 5.45. The van der Waals surface area contributed by atoms with E-state index in [0.717, 1.165) is 12.1 Å². The SMILES string of the molecule is CC(C)NCCCOc1ccc([N+](=O)[O-])cc1C(F)(F)F. The Morgan fingerprint density at radius 1 is 1.38 bits per heavy atom. The van der Waals surface area contributed by atoms with Crippen molar-refractivity contribution in [2.45, 2.75) is 32.5 Å². The summed E-state index contributed by atoms with van der Waals surface area (Å²) in [5.41, 5.74) is -1.75. The van der Waals surface area contributed by atoms with Crippen LogP contribution >= 0.6 is 0 Å². The van der Waals surface area contributed by atoms with Crippen molar-refractivity contribution in [3.8, 4) is 5.75 Å². The summed E-state index contributed by atoms with van der Waals surface area (Å²) in [4.78, 5) is 9.67. The van der Waals surface area contributed by atoms with Gasteiger partial charge in [0.05, 0.1) is 11.5 Å². The fourth-order valence-corrected chi connectivity index (χ4v) is 1.62. The van der Waals surface area contributed by atoms with Gasteiger partial charge in [-0.05, 0) is 19.0 Å². The average Bonchev–Trinajstić information content (AvgIpc) is 2.36. The molecule has 0 unspecified atom stereocenters. The van der Waals surface area contributed by atoms with E-state index in [2.05, 4.69) is 5.32 Å². The predicted molar refractivity (Wildman–Crippen MR) is 71.3 cm³/mol. The maximum atomic E-state index is 12.9. The molecule has 0 atom stereocenters. The third-order valence-corrected chi connectivity index (χ3v) is 2.61. The van der Waals surface area contributed by atoms with Gasteiger partial charge in [-0.1, -0.05) is 13.8 Å². The van der Waals surface area contributed by atoms with E-state index in [0.29, 0.717) is 19.0 Å². The number of non-ortho nitro benzene ring substituents is 1. The Balaban J connectivity index is 2.75. The second kappa shape index (κ2) is 7.26. The summed E-state index contributed by atoms with van der Waals surface area (Å²) in [5.74, 6) is -0.391. The van der Waals surface area contributed by atoms with Crippen LogP contribution in [0.2, 0.25) is 0 Å². The molecule has 21 heavy (non-hydrogen) atoms. The summed E-state index contributed by atoms with van der Waals surface area (Å²) >= 11 is 0. The Labute approximate surface area is 120 Å². The van der Waals surface area contributed by atoms with Crippen LogP contribution in [0.15, 0.2) is 18.2 Å². The van der Waals surface area contributed by atoms with E-state index in [1.807, 2.05) is 13.8 Å². The summed E-state index contributed by atoms with van der Waals surface area (Å²) < 4.78 is 43.7. The third-order valence-electron chi connectivity index (χ3n) is 2.61. The zero-order chi connectivity index (χ0) is 16.0. The van der Waals surface area contributed by atoms with Crippen molar-refractivity contribution in [2.24, 2.45) is 0 Å². The topological polar surface area (TPSA) is 64.4 Å². The number of nitrogens with one attached hydrogen (secondary N) is 1. The van der Waals surface area contributed by atoms with Crippen LogP contribution in [0.25, 0.3) is 0 Å². The van der Waals surface area contributed by atoms with Gasteiger partial charge in [-0.15, -0.1) is 0 Å². The standard InChI is InChI=1S/C13H17F3N2O3/c1-9(2)17-6-3-7-21-12-5-4-10(18(19)20)8-11(12)13(14,15)16/h4-5,8-9,17H,3,6-7H2,1-2H3. The molecule has 0 bridgehead atoms. The first-order chi connectivity index (χ1) is 9.71. The second-order valence-corrected chi connectivity index (χ2v) is 4.75. The van der Waals surface area contributed by atoms with E-state index in [1.54, 1.807) is 0 Å². The van der Waals surface area contributed by atoms with Crippen LogP contribution in [0.3, 0.4) is 0 Å². The van der Waals surface area contributed by atoms with Gasteiger partial charge in [0.25, 0.3) is 5.69 Å².